The average molecular weight is 465 g/mol. The van der Waals surface area contributed by atoms with Crippen LogP contribution < -0.4 is 5.46 Å². The zero-order chi connectivity index (χ0) is 21.5. The molecule has 0 saturated heterocycles. The first-order valence-corrected chi connectivity index (χ1v) is 11.5. The van der Waals surface area contributed by atoms with E-state index in [0.29, 0.717) is 0 Å². The molecule has 5 aromatic carbocycles. The third kappa shape index (κ3) is 2.66. The smallest absolute Gasteiger partial charge is 0.367 e. The third-order valence-corrected chi connectivity index (χ3v) is 7.57. The summed E-state index contributed by atoms with van der Waals surface area (Å²) in [4.78, 5) is 0. The molecule has 31 heavy (non-hydrogen) atoms. The fraction of sp³-hybridized carbons (Fsp3) is 0.143. The van der Waals surface area contributed by atoms with Crippen molar-refractivity contribution in [2.24, 2.45) is 0 Å². The van der Waals surface area contributed by atoms with Gasteiger partial charge < -0.3 is 5.02 Å². The van der Waals surface area contributed by atoms with Crippen molar-refractivity contribution in [2.75, 3.05) is 0 Å². The lowest BCUT2D eigenvalue weighted by Crippen LogP contribution is -2.35. The van der Waals surface area contributed by atoms with E-state index in [1.165, 1.54) is 43.4 Å². The van der Waals surface area contributed by atoms with Gasteiger partial charge in [-0.25, -0.2) is 0 Å². The van der Waals surface area contributed by atoms with Crippen LogP contribution in [0.2, 0.25) is 0 Å². The molecule has 1 N–H and O–H groups in total. The first-order valence-electron chi connectivity index (χ1n) is 10.7. The number of hydrogen-bond acceptors (Lipinski definition) is 1. The highest BCUT2D eigenvalue weighted by Gasteiger charge is 2.32. The predicted octanol–water partition coefficient (Wildman–Crippen LogP) is 6.78. The van der Waals surface area contributed by atoms with Gasteiger partial charge in [-0.15, -0.1) is 0 Å². The molecule has 5 aromatic rings. The lowest BCUT2D eigenvalue weighted by atomic mass is 9.54. The van der Waals surface area contributed by atoms with Gasteiger partial charge in [-0.2, -0.15) is 0 Å². The van der Waals surface area contributed by atoms with Crippen LogP contribution in [0.5, 0.6) is 0 Å². The molecular weight excluding hydrogens is 443 g/mol. The summed E-state index contributed by atoms with van der Waals surface area (Å²) in [6.45, 7) is 6.01. The minimum Gasteiger partial charge on any atom is -0.442 e. The molecule has 0 unspecified atom stereocenters. The van der Waals surface area contributed by atoms with E-state index < -0.39 is 6.92 Å². The number of benzene rings is 5. The van der Waals surface area contributed by atoms with Crippen molar-refractivity contribution in [1.29, 1.82) is 0 Å². The van der Waals surface area contributed by atoms with Crippen LogP contribution in [0.1, 0.15) is 37.5 Å². The Morgan fingerprint density at radius 2 is 1.39 bits per heavy atom. The van der Waals surface area contributed by atoms with Crippen LogP contribution in [-0.2, 0) is 5.41 Å². The molecule has 0 aromatic heterocycles. The van der Waals surface area contributed by atoms with Crippen molar-refractivity contribution in [3.8, 4) is 0 Å². The molecule has 0 aliphatic carbocycles. The van der Waals surface area contributed by atoms with Gasteiger partial charge in [-0.1, -0.05) is 109 Å². The van der Waals surface area contributed by atoms with E-state index in [9.17, 15) is 5.02 Å². The molecule has 0 bridgehead atoms. The Morgan fingerprint density at radius 3 is 2.10 bits per heavy atom. The van der Waals surface area contributed by atoms with Crippen LogP contribution in [0, 0.1) is 0 Å². The topological polar surface area (TPSA) is 20.2 Å². The lowest BCUT2D eigenvalue weighted by molar-refractivity contribution is 0.590. The van der Waals surface area contributed by atoms with E-state index in [-0.39, 0.29) is 5.41 Å². The monoisotopic (exact) mass is 464 g/mol. The molecule has 0 amide bonds. The van der Waals surface area contributed by atoms with Gasteiger partial charge in [0.25, 0.3) is 0 Å². The van der Waals surface area contributed by atoms with Gasteiger partial charge in [0, 0.05) is 4.38 Å². The Bertz CT molecular complexity index is 1520. The Morgan fingerprint density at radius 1 is 0.742 bits per heavy atom. The summed E-state index contributed by atoms with van der Waals surface area (Å²) in [6, 6.07) is 26.2. The predicted molar refractivity (Wildman–Crippen MR) is 138 cm³/mol. The lowest BCUT2D eigenvalue weighted by Gasteiger charge is -2.27. The molecule has 1 nitrogen and oxygen atoms in total. The SMILES string of the molecule is CC(C)(C)c1ccc(C2=C(Br)B(O)c3cc4cccc5ccc6ccc2c3c6c54)cc1. The summed E-state index contributed by atoms with van der Waals surface area (Å²) >= 11 is 3.78. The first-order chi connectivity index (χ1) is 14.8. The highest BCUT2D eigenvalue weighted by Crippen LogP contribution is 2.43. The van der Waals surface area contributed by atoms with E-state index in [1.54, 1.807) is 0 Å². The van der Waals surface area contributed by atoms with Crippen LogP contribution in [0.15, 0.2) is 77.2 Å². The fourth-order valence-electron chi connectivity index (χ4n) is 5.14. The summed E-state index contributed by atoms with van der Waals surface area (Å²) in [7, 11) is 0. The molecule has 150 valence electrons. The van der Waals surface area contributed by atoms with Gasteiger partial charge >= 0.3 is 6.92 Å². The third-order valence-electron chi connectivity index (χ3n) is 6.74. The Labute approximate surface area is 191 Å². The van der Waals surface area contributed by atoms with Gasteiger partial charge in [-0.3, -0.25) is 0 Å². The maximum absolute atomic E-state index is 11.4. The molecule has 1 heterocycles. The second kappa shape index (κ2) is 6.45. The maximum Gasteiger partial charge on any atom is 0.367 e. The van der Waals surface area contributed by atoms with Crippen LogP contribution >= 0.6 is 15.9 Å². The zero-order valence-electron chi connectivity index (χ0n) is 17.8. The quantitative estimate of drug-likeness (QED) is 0.214. The molecule has 3 heteroatoms. The van der Waals surface area contributed by atoms with Crippen molar-refractivity contribution in [2.45, 2.75) is 26.2 Å². The van der Waals surface area contributed by atoms with E-state index in [0.717, 1.165) is 21.0 Å². The molecule has 0 fully saturated rings. The van der Waals surface area contributed by atoms with Crippen molar-refractivity contribution in [3.63, 3.8) is 0 Å². The van der Waals surface area contributed by atoms with Crippen LogP contribution in [0.3, 0.4) is 0 Å². The van der Waals surface area contributed by atoms with Gasteiger partial charge in [0.1, 0.15) is 0 Å². The highest BCUT2D eigenvalue weighted by molar-refractivity contribution is 9.12. The van der Waals surface area contributed by atoms with Crippen LogP contribution in [-0.4, -0.2) is 11.9 Å². The maximum atomic E-state index is 11.4. The number of rotatable bonds is 1. The Hall–Kier alpha value is -2.62. The minimum atomic E-state index is -0.681. The van der Waals surface area contributed by atoms with E-state index in [4.69, 9.17) is 0 Å². The second-order valence-corrected chi connectivity index (χ2v) is 10.5. The average Bonchev–Trinajstić information content (AvgIpc) is 2.76. The summed E-state index contributed by atoms with van der Waals surface area (Å²) in [5.41, 5.74) is 5.78. The van der Waals surface area contributed by atoms with Crippen LogP contribution in [0.4, 0.5) is 0 Å². The Kier molecular flexibility index (Phi) is 3.97. The van der Waals surface area contributed by atoms with E-state index >= 15 is 0 Å². The van der Waals surface area contributed by atoms with Crippen molar-refractivity contribution in [1.82, 2.24) is 0 Å². The van der Waals surface area contributed by atoms with Gasteiger partial charge in [0.15, 0.2) is 0 Å². The molecule has 0 radical (unpaired) electrons. The molecular formula is C28H22BBrO. The molecule has 6 rings (SSSR count). The van der Waals surface area contributed by atoms with Crippen LogP contribution in [0.25, 0.3) is 37.9 Å². The first kappa shape index (κ1) is 19.1. The summed E-state index contributed by atoms with van der Waals surface area (Å²) in [5, 5.41) is 18.7. The summed E-state index contributed by atoms with van der Waals surface area (Å²) < 4.78 is 0.834. The number of hydrogen-bond donors (Lipinski definition) is 1. The standard InChI is InChI=1S/C28H22BBrO/c1-28(2,3)20-12-9-17(10-13-20)24-21-14-11-18-8-7-16-5-4-6-19-15-22(29(31)27(24)30)26(21)25(18)23(16)19/h4-15,31H,1-3H3. The summed E-state index contributed by atoms with van der Waals surface area (Å²) in [5.74, 6) is 0. The van der Waals surface area contributed by atoms with Crippen molar-refractivity contribution >= 4 is 66.2 Å². The highest BCUT2D eigenvalue weighted by atomic mass is 79.9. The zero-order valence-corrected chi connectivity index (χ0v) is 19.4. The van der Waals surface area contributed by atoms with Gasteiger partial charge in [0.05, 0.1) is 0 Å². The van der Waals surface area contributed by atoms with Crippen molar-refractivity contribution < 1.29 is 5.02 Å². The van der Waals surface area contributed by atoms with Crippen molar-refractivity contribution in [3.05, 3.63) is 93.9 Å². The molecule has 1 aliphatic rings. The number of halogens is 1. The molecule has 0 saturated carbocycles. The molecule has 1 aliphatic heterocycles. The van der Waals surface area contributed by atoms with Gasteiger partial charge in [0.2, 0.25) is 0 Å². The largest absolute Gasteiger partial charge is 0.442 e. The van der Waals surface area contributed by atoms with Gasteiger partial charge in [-0.05, 0) is 65.5 Å². The molecule has 0 spiro atoms. The normalized spacial score (nSPS) is 14.4. The second-order valence-electron chi connectivity index (χ2n) is 9.65. The Balaban J connectivity index is 1.69. The summed E-state index contributed by atoms with van der Waals surface area (Å²) in [6.07, 6.45) is 0. The molecule has 0 atom stereocenters. The van der Waals surface area contributed by atoms with E-state index in [1.807, 2.05) is 0 Å². The van der Waals surface area contributed by atoms with E-state index in [2.05, 4.69) is 109 Å². The minimum absolute atomic E-state index is 0.108. The fourth-order valence-corrected chi connectivity index (χ4v) is 5.83.